The Hall–Kier alpha value is -3.95. The van der Waals surface area contributed by atoms with Crippen LogP contribution >= 0.6 is 23.5 Å². The fourth-order valence-electron chi connectivity index (χ4n) is 4.29. The number of nitrogens with zero attached hydrogens (tertiary/aromatic N) is 1. The van der Waals surface area contributed by atoms with Gasteiger partial charge >= 0.3 is 12.0 Å². The molecule has 3 unspecified atom stereocenters. The number of para-hydroxylation sites is 1. The lowest BCUT2D eigenvalue weighted by molar-refractivity contribution is -0.115. The zero-order chi connectivity index (χ0) is 26.6. The van der Waals surface area contributed by atoms with Gasteiger partial charge < -0.3 is 15.7 Å². The van der Waals surface area contributed by atoms with E-state index >= 15 is 0 Å². The molecule has 1 aliphatic heterocycles. The first kappa shape index (κ1) is 25.7. The molecule has 0 aromatic heterocycles. The summed E-state index contributed by atoms with van der Waals surface area (Å²) in [6, 6.07) is 21.1. The van der Waals surface area contributed by atoms with Crippen molar-refractivity contribution in [3.8, 4) is 0 Å². The van der Waals surface area contributed by atoms with Gasteiger partial charge in [0.05, 0.1) is 27.8 Å². The van der Waals surface area contributed by atoms with E-state index in [4.69, 9.17) is 5.11 Å². The molecule has 1 heterocycles. The second-order valence-corrected chi connectivity index (χ2v) is 11.4. The summed E-state index contributed by atoms with van der Waals surface area (Å²) in [6.45, 7) is 1.78. The van der Waals surface area contributed by atoms with E-state index in [1.807, 2.05) is 66.8 Å². The summed E-state index contributed by atoms with van der Waals surface area (Å²) < 4.78 is 0. The Morgan fingerprint density at radius 2 is 1.66 bits per heavy atom. The van der Waals surface area contributed by atoms with Gasteiger partial charge in [-0.05, 0) is 55.5 Å². The van der Waals surface area contributed by atoms with Crippen molar-refractivity contribution in [1.29, 1.82) is 0 Å². The molecule has 0 bridgehead atoms. The highest BCUT2D eigenvalue weighted by atomic mass is 32.2. The van der Waals surface area contributed by atoms with Gasteiger partial charge in [-0.15, -0.1) is 23.5 Å². The summed E-state index contributed by atoms with van der Waals surface area (Å²) in [7, 11) is 0. The molecule has 3 aromatic rings. The number of carbonyl (C=O) groups excluding carboxylic acids is 2. The van der Waals surface area contributed by atoms with Crippen LogP contribution in [-0.4, -0.2) is 39.6 Å². The molecule has 38 heavy (non-hydrogen) atoms. The molecule has 0 saturated carbocycles. The van der Waals surface area contributed by atoms with Gasteiger partial charge in [-0.3, -0.25) is 9.69 Å². The predicted molar refractivity (Wildman–Crippen MR) is 153 cm³/mol. The lowest BCUT2D eigenvalue weighted by Crippen LogP contribution is -2.49. The Morgan fingerprint density at radius 1 is 0.921 bits per heavy atom. The Bertz CT molecular complexity index is 1450. The normalized spacial score (nSPS) is 18.2. The molecule has 192 valence electrons. The quantitative estimate of drug-likeness (QED) is 0.307. The van der Waals surface area contributed by atoms with Gasteiger partial charge in [-0.2, -0.15) is 0 Å². The number of allylic oxidation sites excluding steroid dienone is 2. The van der Waals surface area contributed by atoms with Crippen LogP contribution in [0.5, 0.6) is 0 Å². The van der Waals surface area contributed by atoms with Crippen molar-refractivity contribution in [2.75, 3.05) is 15.5 Å². The molecule has 3 atom stereocenters. The van der Waals surface area contributed by atoms with Gasteiger partial charge in [-0.25, -0.2) is 9.59 Å². The van der Waals surface area contributed by atoms with Crippen LogP contribution in [0.25, 0.3) is 0 Å². The van der Waals surface area contributed by atoms with Crippen molar-refractivity contribution in [2.24, 2.45) is 0 Å². The number of thioether (sulfide) groups is 2. The third-order valence-corrected chi connectivity index (χ3v) is 8.51. The van der Waals surface area contributed by atoms with E-state index in [-0.39, 0.29) is 28.8 Å². The lowest BCUT2D eigenvalue weighted by Gasteiger charge is -2.40. The summed E-state index contributed by atoms with van der Waals surface area (Å²) in [5.74, 6) is -1.31. The summed E-state index contributed by atoms with van der Waals surface area (Å²) in [4.78, 5) is 41.2. The minimum Gasteiger partial charge on any atom is -0.478 e. The number of carboxylic acid groups (broad SMARTS) is 1. The zero-order valence-corrected chi connectivity index (χ0v) is 22.0. The smallest absolute Gasteiger partial charge is 0.335 e. The summed E-state index contributed by atoms with van der Waals surface area (Å²) in [6.07, 6.45) is 8.15. The molecular weight excluding hydrogens is 518 g/mol. The van der Waals surface area contributed by atoms with Gasteiger partial charge in [0.2, 0.25) is 5.91 Å². The van der Waals surface area contributed by atoms with Crippen molar-refractivity contribution in [3.63, 3.8) is 0 Å². The number of fused-ring (bicyclic) bond motifs is 2. The Balaban J connectivity index is 1.27. The number of hydrogen-bond acceptors (Lipinski definition) is 5. The molecule has 1 aliphatic carbocycles. The monoisotopic (exact) mass is 543 g/mol. The fourth-order valence-corrected chi connectivity index (χ4v) is 6.47. The molecule has 3 N–H and O–H groups in total. The average Bonchev–Trinajstić information content (AvgIpc) is 2.91. The molecule has 0 saturated heterocycles. The highest BCUT2D eigenvalue weighted by molar-refractivity contribution is 8.00. The van der Waals surface area contributed by atoms with Gasteiger partial charge in [0.15, 0.2) is 0 Å². The second kappa shape index (κ2) is 11.2. The highest BCUT2D eigenvalue weighted by Gasteiger charge is 2.36. The van der Waals surface area contributed by atoms with Crippen molar-refractivity contribution in [1.82, 2.24) is 0 Å². The first-order valence-corrected chi connectivity index (χ1v) is 13.8. The van der Waals surface area contributed by atoms with E-state index in [2.05, 4.69) is 16.7 Å². The maximum absolute atomic E-state index is 13.5. The van der Waals surface area contributed by atoms with Gasteiger partial charge in [-0.1, -0.05) is 48.6 Å². The summed E-state index contributed by atoms with van der Waals surface area (Å²) >= 11 is 3.10. The van der Waals surface area contributed by atoms with Crippen molar-refractivity contribution >= 4 is 58.5 Å². The predicted octanol–water partition coefficient (Wildman–Crippen LogP) is 6.51. The molecule has 5 rings (SSSR count). The van der Waals surface area contributed by atoms with Crippen LogP contribution < -0.4 is 15.5 Å². The van der Waals surface area contributed by atoms with Gasteiger partial charge in [0, 0.05) is 21.2 Å². The number of rotatable bonds is 6. The number of anilines is 3. The minimum absolute atomic E-state index is 0.0965. The molecule has 9 heteroatoms. The van der Waals surface area contributed by atoms with E-state index in [9.17, 15) is 14.4 Å². The van der Waals surface area contributed by atoms with Crippen LogP contribution in [0.1, 0.15) is 17.3 Å². The van der Waals surface area contributed by atoms with Crippen molar-refractivity contribution < 1.29 is 19.5 Å². The average molecular weight is 544 g/mol. The Morgan fingerprint density at radius 3 is 2.47 bits per heavy atom. The van der Waals surface area contributed by atoms with Crippen LogP contribution in [0.2, 0.25) is 0 Å². The van der Waals surface area contributed by atoms with Crippen molar-refractivity contribution in [3.05, 3.63) is 103 Å². The summed E-state index contributed by atoms with van der Waals surface area (Å²) in [5.41, 5.74) is 2.03. The topological polar surface area (TPSA) is 98.7 Å². The van der Waals surface area contributed by atoms with Crippen LogP contribution in [0.3, 0.4) is 0 Å². The molecule has 2 aliphatic rings. The number of nitrogens with one attached hydrogen (secondary N) is 2. The standard InChI is InChI=1S/C29H25N3O4S2/c1-18(27(33)30-20-9-6-8-19(16-20)28(34)35)37-22-11-7-10-21(17-22)31-29(36)32-23-12-2-4-14-25(23)38-26-15-5-3-13-24(26)32/h2-18,23,25H,1H3,(H,30,33)(H,31,36)(H,34,35). The van der Waals surface area contributed by atoms with E-state index in [1.165, 1.54) is 23.9 Å². The van der Waals surface area contributed by atoms with Crippen molar-refractivity contribution in [2.45, 2.75) is 33.3 Å². The van der Waals surface area contributed by atoms with Crippen LogP contribution in [0.4, 0.5) is 21.9 Å². The Labute approximate surface area is 229 Å². The summed E-state index contributed by atoms with van der Waals surface area (Å²) in [5, 5.41) is 14.7. The van der Waals surface area contributed by atoms with E-state index in [0.29, 0.717) is 11.4 Å². The zero-order valence-electron chi connectivity index (χ0n) is 20.4. The number of hydrogen-bond donors (Lipinski definition) is 3. The molecule has 3 amide bonds. The molecular formula is C29H25N3O4S2. The van der Waals surface area contributed by atoms with Gasteiger partial charge in [0.25, 0.3) is 0 Å². The SMILES string of the molecule is CC(Sc1cccc(NC(=O)N2c3ccccc3SC3C=CC=CC32)c1)C(=O)Nc1cccc(C(=O)O)c1. The number of benzene rings is 3. The highest BCUT2D eigenvalue weighted by Crippen LogP contribution is 2.43. The third-order valence-electron chi connectivity index (χ3n) is 6.11. The van der Waals surface area contributed by atoms with E-state index < -0.39 is 11.2 Å². The van der Waals surface area contributed by atoms with Crippen LogP contribution in [0.15, 0.2) is 107 Å². The largest absolute Gasteiger partial charge is 0.478 e. The maximum atomic E-state index is 13.5. The number of carboxylic acids is 1. The maximum Gasteiger partial charge on any atom is 0.335 e. The van der Waals surface area contributed by atoms with E-state index in [0.717, 1.165) is 15.5 Å². The molecule has 0 radical (unpaired) electrons. The van der Waals surface area contributed by atoms with E-state index in [1.54, 1.807) is 35.7 Å². The molecule has 0 spiro atoms. The Kier molecular flexibility index (Phi) is 7.57. The number of amides is 3. The first-order chi connectivity index (χ1) is 18.4. The van der Waals surface area contributed by atoms with Crippen LogP contribution in [0, 0.1) is 0 Å². The fraction of sp³-hybridized carbons (Fsp3) is 0.138. The number of carbonyl (C=O) groups is 3. The molecule has 0 fully saturated rings. The third kappa shape index (κ3) is 5.64. The lowest BCUT2D eigenvalue weighted by atomic mass is 10.1. The van der Waals surface area contributed by atoms with Crippen LogP contribution in [-0.2, 0) is 4.79 Å². The molecule has 7 nitrogen and oxygen atoms in total. The minimum atomic E-state index is -1.05. The second-order valence-electron chi connectivity index (χ2n) is 8.77. The number of aromatic carboxylic acids is 1. The van der Waals surface area contributed by atoms with Gasteiger partial charge in [0.1, 0.15) is 0 Å². The molecule has 3 aromatic carbocycles. The first-order valence-electron chi connectivity index (χ1n) is 12.0. The number of urea groups is 1.